The lowest BCUT2D eigenvalue weighted by Gasteiger charge is -2.15. The van der Waals surface area contributed by atoms with E-state index >= 15 is 0 Å². The Hall–Kier alpha value is -1.40. The fraction of sp³-hybridized carbons (Fsp3) is 0.692. The fourth-order valence-electron chi connectivity index (χ4n) is 1.61. The smallest absolute Gasteiger partial charge is 0.268 e. The molecule has 0 aliphatic heterocycles. The average Bonchev–Trinajstić information content (AvgIpc) is 2.31. The van der Waals surface area contributed by atoms with Crippen LogP contribution in [-0.2, 0) is 6.54 Å². The molecule has 0 radical (unpaired) electrons. The van der Waals surface area contributed by atoms with Crippen molar-refractivity contribution in [3.8, 4) is 0 Å². The second-order valence-electron chi connectivity index (χ2n) is 5.33. The Bertz CT molecular complexity index is 443. The molecule has 1 unspecified atom stereocenters. The SMILES string of the molecule is CC(C)CNCC(O)Cn1ncc(N(C)C)cc1=O. The summed E-state index contributed by atoms with van der Waals surface area (Å²) in [5.74, 6) is 0.535. The number of nitrogens with zero attached hydrogens (tertiary/aromatic N) is 3. The van der Waals surface area contributed by atoms with Crippen LogP contribution in [0.1, 0.15) is 13.8 Å². The van der Waals surface area contributed by atoms with Crippen LogP contribution in [0.4, 0.5) is 5.69 Å². The number of hydrogen-bond acceptors (Lipinski definition) is 5. The zero-order chi connectivity index (χ0) is 14.4. The zero-order valence-corrected chi connectivity index (χ0v) is 12.1. The van der Waals surface area contributed by atoms with E-state index in [9.17, 15) is 9.90 Å². The lowest BCUT2D eigenvalue weighted by Crippen LogP contribution is -2.36. The van der Waals surface area contributed by atoms with Crippen molar-refractivity contribution in [1.82, 2.24) is 15.1 Å². The number of hydrogen-bond donors (Lipinski definition) is 2. The van der Waals surface area contributed by atoms with Crippen LogP contribution >= 0.6 is 0 Å². The maximum atomic E-state index is 11.8. The molecule has 19 heavy (non-hydrogen) atoms. The van der Waals surface area contributed by atoms with Crippen molar-refractivity contribution in [2.24, 2.45) is 5.92 Å². The standard InChI is InChI=1S/C13H24N4O2/c1-10(2)6-14-8-12(18)9-17-13(19)5-11(7-15-17)16(3)4/h5,7,10,12,14,18H,6,8-9H2,1-4H3. The first-order valence-corrected chi connectivity index (χ1v) is 6.53. The molecule has 0 spiro atoms. The molecule has 0 aliphatic carbocycles. The third-order valence-electron chi connectivity index (χ3n) is 2.69. The van der Waals surface area contributed by atoms with Crippen LogP contribution in [0.5, 0.6) is 0 Å². The van der Waals surface area contributed by atoms with Crippen LogP contribution in [0.2, 0.25) is 0 Å². The maximum absolute atomic E-state index is 11.8. The normalized spacial score (nSPS) is 12.7. The van der Waals surface area contributed by atoms with Gasteiger partial charge in [-0.1, -0.05) is 13.8 Å². The monoisotopic (exact) mass is 268 g/mol. The van der Waals surface area contributed by atoms with E-state index in [1.165, 1.54) is 10.7 Å². The van der Waals surface area contributed by atoms with Gasteiger partial charge in [-0.25, -0.2) is 4.68 Å². The van der Waals surface area contributed by atoms with Gasteiger partial charge in [-0.3, -0.25) is 4.79 Å². The van der Waals surface area contributed by atoms with E-state index in [2.05, 4.69) is 24.3 Å². The molecule has 0 aromatic carbocycles. The first-order chi connectivity index (χ1) is 8.90. The summed E-state index contributed by atoms with van der Waals surface area (Å²) in [5, 5.41) is 17.1. The van der Waals surface area contributed by atoms with Crippen LogP contribution in [0.15, 0.2) is 17.1 Å². The molecule has 6 heteroatoms. The van der Waals surface area contributed by atoms with Gasteiger partial charge in [0.15, 0.2) is 0 Å². The Balaban J connectivity index is 2.55. The van der Waals surface area contributed by atoms with Gasteiger partial charge >= 0.3 is 0 Å². The quantitative estimate of drug-likeness (QED) is 0.723. The summed E-state index contributed by atoms with van der Waals surface area (Å²) in [5.41, 5.74) is 0.558. The summed E-state index contributed by atoms with van der Waals surface area (Å²) in [4.78, 5) is 13.6. The largest absolute Gasteiger partial charge is 0.390 e. The number of aromatic nitrogens is 2. The van der Waals surface area contributed by atoms with Gasteiger partial charge in [0, 0.05) is 26.7 Å². The number of aliphatic hydroxyl groups is 1. The third kappa shape index (κ3) is 5.40. The number of nitrogens with one attached hydrogen (secondary N) is 1. The Morgan fingerprint density at radius 3 is 2.63 bits per heavy atom. The molecular formula is C13H24N4O2. The van der Waals surface area contributed by atoms with Gasteiger partial charge in [0.25, 0.3) is 5.56 Å². The molecule has 1 aromatic heterocycles. The molecule has 6 nitrogen and oxygen atoms in total. The van der Waals surface area contributed by atoms with Crippen LogP contribution < -0.4 is 15.8 Å². The predicted octanol–water partition coefficient (Wildman–Crippen LogP) is -0.0842. The van der Waals surface area contributed by atoms with Gasteiger partial charge in [-0.15, -0.1) is 0 Å². The van der Waals surface area contributed by atoms with Gasteiger partial charge in [-0.05, 0) is 12.5 Å². The van der Waals surface area contributed by atoms with Crippen molar-refractivity contribution in [2.45, 2.75) is 26.5 Å². The predicted molar refractivity (Wildman–Crippen MR) is 76.5 cm³/mol. The molecule has 0 aliphatic rings. The van der Waals surface area contributed by atoms with E-state index in [1.807, 2.05) is 19.0 Å². The van der Waals surface area contributed by atoms with Crippen molar-refractivity contribution in [2.75, 3.05) is 32.1 Å². The second kappa shape index (κ2) is 7.25. The summed E-state index contributed by atoms with van der Waals surface area (Å²) in [6.07, 6.45) is 1.00. The van der Waals surface area contributed by atoms with Crippen LogP contribution in [0.25, 0.3) is 0 Å². The van der Waals surface area contributed by atoms with Crippen LogP contribution in [0.3, 0.4) is 0 Å². The Morgan fingerprint density at radius 1 is 1.42 bits per heavy atom. The van der Waals surface area contributed by atoms with E-state index in [4.69, 9.17) is 0 Å². The zero-order valence-electron chi connectivity index (χ0n) is 12.1. The molecule has 0 saturated heterocycles. The summed E-state index contributed by atoms with van der Waals surface area (Å²) >= 11 is 0. The second-order valence-corrected chi connectivity index (χ2v) is 5.33. The molecule has 0 amide bonds. The molecule has 108 valence electrons. The van der Waals surface area contributed by atoms with E-state index in [0.717, 1.165) is 12.2 Å². The molecule has 1 rings (SSSR count). The number of rotatable bonds is 7. The third-order valence-corrected chi connectivity index (χ3v) is 2.69. The van der Waals surface area contributed by atoms with Gasteiger partial charge in [-0.2, -0.15) is 5.10 Å². The number of anilines is 1. The molecule has 0 bridgehead atoms. The lowest BCUT2D eigenvalue weighted by atomic mass is 10.2. The van der Waals surface area contributed by atoms with E-state index in [1.54, 1.807) is 6.20 Å². The van der Waals surface area contributed by atoms with Gasteiger partial charge < -0.3 is 15.3 Å². The Labute approximate surface area is 114 Å². The van der Waals surface area contributed by atoms with E-state index < -0.39 is 6.10 Å². The highest BCUT2D eigenvalue weighted by molar-refractivity contribution is 5.40. The Kier molecular flexibility index (Phi) is 5.98. The fourth-order valence-corrected chi connectivity index (χ4v) is 1.61. The molecular weight excluding hydrogens is 244 g/mol. The lowest BCUT2D eigenvalue weighted by molar-refractivity contribution is 0.144. The number of aliphatic hydroxyl groups excluding tert-OH is 1. The molecule has 0 fully saturated rings. The highest BCUT2D eigenvalue weighted by Crippen LogP contribution is 2.03. The summed E-state index contributed by atoms with van der Waals surface area (Å²) < 4.78 is 1.29. The molecule has 1 aromatic rings. The van der Waals surface area contributed by atoms with Crippen LogP contribution in [-0.4, -0.2) is 48.2 Å². The summed E-state index contributed by atoms with van der Waals surface area (Å²) in [6.45, 7) is 5.72. The molecule has 2 N–H and O–H groups in total. The topological polar surface area (TPSA) is 70.4 Å². The van der Waals surface area contributed by atoms with Gasteiger partial charge in [0.2, 0.25) is 0 Å². The summed E-state index contributed by atoms with van der Waals surface area (Å²) in [6, 6.07) is 1.52. The minimum Gasteiger partial charge on any atom is -0.390 e. The Morgan fingerprint density at radius 2 is 2.11 bits per heavy atom. The minimum atomic E-state index is -0.617. The maximum Gasteiger partial charge on any atom is 0.268 e. The van der Waals surface area contributed by atoms with Crippen LogP contribution in [0, 0.1) is 5.92 Å². The van der Waals surface area contributed by atoms with Crippen molar-refractivity contribution >= 4 is 5.69 Å². The van der Waals surface area contributed by atoms with Crippen molar-refractivity contribution in [1.29, 1.82) is 0 Å². The highest BCUT2D eigenvalue weighted by Gasteiger charge is 2.08. The first kappa shape index (κ1) is 15.7. The average molecular weight is 268 g/mol. The van der Waals surface area contributed by atoms with Gasteiger partial charge in [0.1, 0.15) is 0 Å². The van der Waals surface area contributed by atoms with Crippen molar-refractivity contribution < 1.29 is 5.11 Å². The minimum absolute atomic E-state index is 0.200. The molecule has 1 heterocycles. The van der Waals surface area contributed by atoms with E-state index in [-0.39, 0.29) is 12.1 Å². The molecule has 1 atom stereocenters. The van der Waals surface area contributed by atoms with Crippen molar-refractivity contribution in [3.05, 3.63) is 22.6 Å². The van der Waals surface area contributed by atoms with E-state index in [0.29, 0.717) is 12.5 Å². The molecule has 0 saturated carbocycles. The van der Waals surface area contributed by atoms with Gasteiger partial charge in [0.05, 0.1) is 24.5 Å². The highest BCUT2D eigenvalue weighted by atomic mass is 16.3. The summed E-state index contributed by atoms with van der Waals surface area (Å²) in [7, 11) is 3.71. The first-order valence-electron chi connectivity index (χ1n) is 6.53. The van der Waals surface area contributed by atoms with Crippen molar-refractivity contribution in [3.63, 3.8) is 0 Å².